The standard InChI is InChI=1S/C24H27Cl2N3/c1-3-23-19(17-28-14-12-27(2)13-15-28)16-24(18-4-6-20(25)7-5-18)29(23)22-10-8-21(26)9-11-22/h4-11,16H,3,12-15,17H2,1-2H3. The zero-order valence-electron chi connectivity index (χ0n) is 17.0. The molecule has 0 radical (unpaired) electrons. The van der Waals surface area contributed by atoms with Crippen LogP contribution in [0.3, 0.4) is 0 Å². The first-order chi connectivity index (χ1) is 14.0. The monoisotopic (exact) mass is 427 g/mol. The molecule has 2 aromatic carbocycles. The van der Waals surface area contributed by atoms with Crippen LogP contribution in [0.2, 0.25) is 10.0 Å². The van der Waals surface area contributed by atoms with Crippen LogP contribution in [0.5, 0.6) is 0 Å². The summed E-state index contributed by atoms with van der Waals surface area (Å²) in [5.74, 6) is 0. The lowest BCUT2D eigenvalue weighted by Gasteiger charge is -2.32. The minimum Gasteiger partial charge on any atom is -0.313 e. The Labute approximate surface area is 183 Å². The summed E-state index contributed by atoms with van der Waals surface area (Å²) in [5, 5.41) is 1.51. The van der Waals surface area contributed by atoms with Crippen LogP contribution in [-0.4, -0.2) is 47.6 Å². The highest BCUT2D eigenvalue weighted by atomic mass is 35.5. The Bertz CT molecular complexity index is 953. The van der Waals surface area contributed by atoms with Gasteiger partial charge >= 0.3 is 0 Å². The molecule has 1 aliphatic rings. The number of piperazine rings is 1. The first kappa shape index (κ1) is 20.5. The van der Waals surface area contributed by atoms with Crippen LogP contribution in [-0.2, 0) is 13.0 Å². The van der Waals surface area contributed by atoms with Gasteiger partial charge < -0.3 is 9.47 Å². The fourth-order valence-electron chi connectivity index (χ4n) is 4.09. The molecule has 0 aliphatic carbocycles. The Morgan fingerprint density at radius 2 is 1.41 bits per heavy atom. The van der Waals surface area contributed by atoms with E-state index in [2.05, 4.69) is 58.7 Å². The molecule has 0 unspecified atom stereocenters. The molecule has 0 atom stereocenters. The van der Waals surface area contributed by atoms with Gasteiger partial charge in [-0.25, -0.2) is 0 Å². The van der Waals surface area contributed by atoms with Crippen LogP contribution in [0.1, 0.15) is 18.2 Å². The average molecular weight is 428 g/mol. The molecule has 0 spiro atoms. The Hall–Kier alpha value is -1.78. The van der Waals surface area contributed by atoms with Crippen LogP contribution in [0.15, 0.2) is 54.6 Å². The summed E-state index contributed by atoms with van der Waals surface area (Å²) < 4.78 is 2.38. The average Bonchev–Trinajstić information content (AvgIpc) is 3.09. The molecule has 1 aliphatic heterocycles. The lowest BCUT2D eigenvalue weighted by atomic mass is 10.1. The Morgan fingerprint density at radius 3 is 2.00 bits per heavy atom. The van der Waals surface area contributed by atoms with Gasteiger partial charge in [-0.05, 0) is 67.1 Å². The highest BCUT2D eigenvalue weighted by molar-refractivity contribution is 6.30. The van der Waals surface area contributed by atoms with E-state index in [1.165, 1.54) is 22.5 Å². The maximum atomic E-state index is 6.16. The number of aromatic nitrogens is 1. The van der Waals surface area contributed by atoms with Crippen molar-refractivity contribution in [1.29, 1.82) is 0 Å². The lowest BCUT2D eigenvalue weighted by Crippen LogP contribution is -2.43. The van der Waals surface area contributed by atoms with Crippen LogP contribution in [0.4, 0.5) is 0 Å². The van der Waals surface area contributed by atoms with Crippen molar-refractivity contribution in [2.75, 3.05) is 33.2 Å². The topological polar surface area (TPSA) is 11.4 Å². The maximum absolute atomic E-state index is 6.16. The van der Waals surface area contributed by atoms with Gasteiger partial charge in [-0.1, -0.05) is 42.3 Å². The Kier molecular flexibility index (Phi) is 6.31. The fourth-order valence-corrected chi connectivity index (χ4v) is 4.34. The molecule has 1 fully saturated rings. The van der Waals surface area contributed by atoms with Crippen molar-refractivity contribution >= 4 is 23.2 Å². The summed E-state index contributed by atoms with van der Waals surface area (Å²) in [6.07, 6.45) is 0.972. The van der Waals surface area contributed by atoms with E-state index in [9.17, 15) is 0 Å². The molecule has 0 N–H and O–H groups in total. The molecule has 4 rings (SSSR count). The van der Waals surface area contributed by atoms with E-state index in [0.717, 1.165) is 54.9 Å². The third-order valence-corrected chi connectivity index (χ3v) is 6.25. The van der Waals surface area contributed by atoms with Crippen molar-refractivity contribution in [2.45, 2.75) is 19.9 Å². The van der Waals surface area contributed by atoms with Crippen LogP contribution < -0.4 is 0 Å². The van der Waals surface area contributed by atoms with Gasteiger partial charge in [0.05, 0.1) is 5.69 Å². The molecule has 0 amide bonds. The van der Waals surface area contributed by atoms with E-state index in [0.29, 0.717) is 0 Å². The van der Waals surface area contributed by atoms with Crippen molar-refractivity contribution < 1.29 is 0 Å². The molecule has 0 saturated carbocycles. The van der Waals surface area contributed by atoms with Crippen LogP contribution >= 0.6 is 23.2 Å². The van der Waals surface area contributed by atoms with Crippen LogP contribution in [0.25, 0.3) is 16.9 Å². The van der Waals surface area contributed by atoms with E-state index < -0.39 is 0 Å². The zero-order chi connectivity index (χ0) is 20.4. The third-order valence-electron chi connectivity index (χ3n) is 5.74. The van der Waals surface area contributed by atoms with E-state index >= 15 is 0 Å². The second kappa shape index (κ2) is 8.93. The molecule has 0 bridgehead atoms. The third kappa shape index (κ3) is 4.54. The fraction of sp³-hybridized carbons (Fsp3) is 0.333. The summed E-state index contributed by atoms with van der Waals surface area (Å²) in [5.41, 5.74) is 6.27. The molecular weight excluding hydrogens is 401 g/mol. The second-order valence-corrected chi connectivity index (χ2v) is 8.63. The molecule has 5 heteroatoms. The van der Waals surface area contributed by atoms with Gasteiger partial charge in [-0.3, -0.25) is 4.90 Å². The molecule has 1 saturated heterocycles. The second-order valence-electron chi connectivity index (χ2n) is 7.75. The van der Waals surface area contributed by atoms with Gasteiger partial charge in [0.15, 0.2) is 0 Å². The number of nitrogens with zero attached hydrogens (tertiary/aromatic N) is 3. The number of hydrogen-bond acceptors (Lipinski definition) is 2. The molecular formula is C24H27Cl2N3. The van der Waals surface area contributed by atoms with Gasteiger partial charge in [0.25, 0.3) is 0 Å². The molecule has 2 heterocycles. The van der Waals surface area contributed by atoms with Gasteiger partial charge in [0, 0.05) is 54.2 Å². The van der Waals surface area contributed by atoms with Crippen molar-refractivity contribution in [3.05, 3.63) is 75.9 Å². The number of rotatable bonds is 5. The number of hydrogen-bond donors (Lipinski definition) is 0. The van der Waals surface area contributed by atoms with Gasteiger partial charge in [-0.15, -0.1) is 0 Å². The van der Waals surface area contributed by atoms with Crippen molar-refractivity contribution in [1.82, 2.24) is 14.4 Å². The zero-order valence-corrected chi connectivity index (χ0v) is 18.5. The minimum atomic E-state index is 0.754. The van der Waals surface area contributed by atoms with E-state index in [-0.39, 0.29) is 0 Å². The smallest absolute Gasteiger partial charge is 0.0534 e. The highest BCUT2D eigenvalue weighted by Gasteiger charge is 2.20. The van der Waals surface area contributed by atoms with E-state index in [4.69, 9.17) is 23.2 Å². The summed E-state index contributed by atoms with van der Waals surface area (Å²) in [6.45, 7) is 7.70. The van der Waals surface area contributed by atoms with E-state index in [1.54, 1.807) is 0 Å². The quantitative estimate of drug-likeness (QED) is 0.512. The van der Waals surface area contributed by atoms with E-state index in [1.807, 2.05) is 24.3 Å². The number of likely N-dealkylation sites (N-methyl/N-ethyl adjacent to an activating group) is 1. The Morgan fingerprint density at radius 1 is 0.828 bits per heavy atom. The molecule has 3 aromatic rings. The summed E-state index contributed by atoms with van der Waals surface area (Å²) in [4.78, 5) is 4.96. The van der Waals surface area contributed by atoms with Gasteiger partial charge in [-0.2, -0.15) is 0 Å². The van der Waals surface area contributed by atoms with Crippen molar-refractivity contribution in [3.8, 4) is 16.9 Å². The van der Waals surface area contributed by atoms with Gasteiger partial charge in [0.2, 0.25) is 0 Å². The number of benzene rings is 2. The Balaban J connectivity index is 1.78. The maximum Gasteiger partial charge on any atom is 0.0534 e. The first-order valence-electron chi connectivity index (χ1n) is 10.2. The minimum absolute atomic E-state index is 0.754. The molecule has 1 aromatic heterocycles. The predicted molar refractivity (Wildman–Crippen MR) is 123 cm³/mol. The van der Waals surface area contributed by atoms with Gasteiger partial charge in [0.1, 0.15) is 0 Å². The lowest BCUT2D eigenvalue weighted by molar-refractivity contribution is 0.148. The molecule has 152 valence electrons. The molecule has 29 heavy (non-hydrogen) atoms. The predicted octanol–water partition coefficient (Wildman–Crippen LogP) is 5.76. The normalized spacial score (nSPS) is 15.7. The largest absolute Gasteiger partial charge is 0.313 e. The summed E-state index contributed by atoms with van der Waals surface area (Å²) in [7, 11) is 2.20. The SMILES string of the molecule is CCc1c(CN2CCN(C)CC2)cc(-c2ccc(Cl)cc2)n1-c1ccc(Cl)cc1. The molecule has 3 nitrogen and oxygen atoms in total. The first-order valence-corrected chi connectivity index (χ1v) is 11.0. The van der Waals surface area contributed by atoms with Crippen molar-refractivity contribution in [3.63, 3.8) is 0 Å². The summed E-state index contributed by atoms with van der Waals surface area (Å²) in [6, 6.07) is 18.6. The van der Waals surface area contributed by atoms with Crippen LogP contribution in [0, 0.1) is 0 Å². The summed E-state index contributed by atoms with van der Waals surface area (Å²) >= 11 is 12.3. The van der Waals surface area contributed by atoms with Crippen molar-refractivity contribution in [2.24, 2.45) is 0 Å². The highest BCUT2D eigenvalue weighted by Crippen LogP contribution is 2.32. The number of halogens is 2.